The first kappa shape index (κ1) is 13.8. The van der Waals surface area contributed by atoms with E-state index >= 15 is 0 Å². The standard InChI is InChI=1S/C16H15BrN4/c1-10-7-19-5-4-11(10)8-21-16-13-6-12(17)2-3-15(13)20-9-14(16)18/h2-7,9H,8,18H2,1H3,(H,20,21). The number of anilines is 2. The predicted molar refractivity (Wildman–Crippen MR) is 90.2 cm³/mol. The summed E-state index contributed by atoms with van der Waals surface area (Å²) in [6.45, 7) is 2.75. The molecule has 4 nitrogen and oxygen atoms in total. The van der Waals surface area contributed by atoms with E-state index in [9.17, 15) is 0 Å². The molecule has 5 heteroatoms. The summed E-state index contributed by atoms with van der Waals surface area (Å²) < 4.78 is 1.01. The van der Waals surface area contributed by atoms with E-state index in [4.69, 9.17) is 5.73 Å². The van der Waals surface area contributed by atoms with Crippen molar-refractivity contribution in [3.8, 4) is 0 Å². The monoisotopic (exact) mass is 342 g/mol. The molecule has 0 amide bonds. The number of benzene rings is 1. The van der Waals surface area contributed by atoms with Gasteiger partial charge in [0.15, 0.2) is 0 Å². The predicted octanol–water partition coefficient (Wildman–Crippen LogP) is 3.90. The van der Waals surface area contributed by atoms with Crippen LogP contribution in [0.3, 0.4) is 0 Å². The van der Waals surface area contributed by atoms with Crippen molar-refractivity contribution in [2.75, 3.05) is 11.1 Å². The second-order valence-electron chi connectivity index (χ2n) is 4.91. The van der Waals surface area contributed by atoms with Crippen LogP contribution in [0.25, 0.3) is 10.9 Å². The highest BCUT2D eigenvalue weighted by molar-refractivity contribution is 9.10. The number of aromatic nitrogens is 2. The maximum Gasteiger partial charge on any atom is 0.0743 e. The van der Waals surface area contributed by atoms with E-state index < -0.39 is 0 Å². The number of pyridine rings is 2. The summed E-state index contributed by atoms with van der Waals surface area (Å²) >= 11 is 3.49. The minimum absolute atomic E-state index is 0.646. The van der Waals surface area contributed by atoms with Crippen molar-refractivity contribution in [2.45, 2.75) is 13.5 Å². The highest BCUT2D eigenvalue weighted by atomic mass is 79.9. The van der Waals surface area contributed by atoms with Crippen molar-refractivity contribution < 1.29 is 0 Å². The Morgan fingerprint density at radius 2 is 2.10 bits per heavy atom. The van der Waals surface area contributed by atoms with Crippen LogP contribution in [0.5, 0.6) is 0 Å². The number of nitrogens with one attached hydrogen (secondary N) is 1. The smallest absolute Gasteiger partial charge is 0.0743 e. The molecule has 0 aliphatic carbocycles. The van der Waals surface area contributed by atoms with Crippen molar-refractivity contribution in [2.24, 2.45) is 0 Å². The van der Waals surface area contributed by atoms with Crippen LogP contribution in [0.2, 0.25) is 0 Å². The lowest BCUT2D eigenvalue weighted by atomic mass is 10.1. The largest absolute Gasteiger partial charge is 0.396 e. The maximum absolute atomic E-state index is 6.09. The highest BCUT2D eigenvalue weighted by Gasteiger charge is 2.08. The number of rotatable bonds is 3. The molecular formula is C16H15BrN4. The molecule has 0 atom stereocenters. The summed E-state index contributed by atoms with van der Waals surface area (Å²) in [5, 5.41) is 4.44. The Morgan fingerprint density at radius 3 is 2.90 bits per heavy atom. The number of aryl methyl sites for hydroxylation is 1. The van der Waals surface area contributed by atoms with Gasteiger partial charge in [0.05, 0.1) is 23.1 Å². The molecule has 0 aliphatic rings. The fourth-order valence-electron chi connectivity index (χ4n) is 2.26. The average molecular weight is 343 g/mol. The zero-order valence-electron chi connectivity index (χ0n) is 11.6. The van der Waals surface area contributed by atoms with Gasteiger partial charge in [0.1, 0.15) is 0 Å². The molecule has 0 radical (unpaired) electrons. The van der Waals surface area contributed by atoms with Crippen molar-refractivity contribution in [3.63, 3.8) is 0 Å². The Balaban J connectivity index is 1.98. The number of nitrogens with two attached hydrogens (primary N) is 1. The van der Waals surface area contributed by atoms with Crippen LogP contribution < -0.4 is 11.1 Å². The highest BCUT2D eigenvalue weighted by Crippen LogP contribution is 2.30. The lowest BCUT2D eigenvalue weighted by Gasteiger charge is -2.13. The molecule has 0 fully saturated rings. The first-order valence-corrected chi connectivity index (χ1v) is 7.41. The van der Waals surface area contributed by atoms with Crippen LogP contribution in [-0.2, 0) is 6.54 Å². The Bertz CT molecular complexity index is 796. The molecule has 0 saturated carbocycles. The topological polar surface area (TPSA) is 63.8 Å². The van der Waals surface area contributed by atoms with E-state index in [0.717, 1.165) is 26.6 Å². The van der Waals surface area contributed by atoms with E-state index in [1.54, 1.807) is 12.4 Å². The van der Waals surface area contributed by atoms with Crippen LogP contribution >= 0.6 is 15.9 Å². The third kappa shape index (κ3) is 2.83. The molecule has 3 aromatic rings. The summed E-state index contributed by atoms with van der Waals surface area (Å²) in [5.74, 6) is 0. The van der Waals surface area contributed by atoms with Crippen LogP contribution in [0.4, 0.5) is 11.4 Å². The van der Waals surface area contributed by atoms with Gasteiger partial charge in [0.2, 0.25) is 0 Å². The Hall–Kier alpha value is -2.14. The number of fused-ring (bicyclic) bond motifs is 1. The Morgan fingerprint density at radius 1 is 1.24 bits per heavy atom. The molecule has 106 valence electrons. The fourth-order valence-corrected chi connectivity index (χ4v) is 2.62. The SMILES string of the molecule is Cc1cnccc1CNc1c(N)cnc2ccc(Br)cc12. The third-order valence-corrected chi connectivity index (χ3v) is 3.94. The van der Waals surface area contributed by atoms with Crippen LogP contribution in [0, 0.1) is 6.92 Å². The van der Waals surface area contributed by atoms with Gasteiger partial charge in [0, 0.05) is 28.8 Å². The van der Waals surface area contributed by atoms with Gasteiger partial charge in [-0.2, -0.15) is 0 Å². The molecule has 0 unspecified atom stereocenters. The lowest BCUT2D eigenvalue weighted by molar-refractivity contribution is 1.09. The van der Waals surface area contributed by atoms with Gasteiger partial charge in [-0.25, -0.2) is 0 Å². The Kier molecular flexibility index (Phi) is 3.75. The van der Waals surface area contributed by atoms with Crippen molar-refractivity contribution in [1.82, 2.24) is 9.97 Å². The van der Waals surface area contributed by atoms with Gasteiger partial charge in [0.25, 0.3) is 0 Å². The lowest BCUT2D eigenvalue weighted by Crippen LogP contribution is -2.05. The maximum atomic E-state index is 6.09. The molecule has 3 N–H and O–H groups in total. The molecule has 2 heterocycles. The normalized spacial score (nSPS) is 10.8. The van der Waals surface area contributed by atoms with E-state index in [0.29, 0.717) is 12.2 Å². The molecule has 1 aromatic carbocycles. The molecular weight excluding hydrogens is 328 g/mol. The number of hydrogen-bond acceptors (Lipinski definition) is 4. The summed E-state index contributed by atoms with van der Waals surface area (Å²) in [6, 6.07) is 7.99. The molecule has 2 aromatic heterocycles. The van der Waals surface area contributed by atoms with Crippen LogP contribution in [0.1, 0.15) is 11.1 Å². The van der Waals surface area contributed by atoms with Crippen molar-refractivity contribution in [3.05, 3.63) is 58.5 Å². The van der Waals surface area contributed by atoms with Gasteiger partial charge in [-0.05, 0) is 42.3 Å². The number of nitrogen functional groups attached to an aromatic ring is 1. The van der Waals surface area contributed by atoms with Crippen molar-refractivity contribution in [1.29, 1.82) is 0 Å². The van der Waals surface area contributed by atoms with Gasteiger partial charge < -0.3 is 11.1 Å². The zero-order valence-corrected chi connectivity index (χ0v) is 13.2. The molecule has 3 rings (SSSR count). The minimum Gasteiger partial charge on any atom is -0.396 e. The first-order chi connectivity index (χ1) is 10.1. The molecule has 0 spiro atoms. The van der Waals surface area contributed by atoms with Crippen molar-refractivity contribution >= 4 is 38.2 Å². The third-order valence-electron chi connectivity index (χ3n) is 3.45. The van der Waals surface area contributed by atoms with Crippen LogP contribution in [0.15, 0.2) is 47.3 Å². The molecule has 0 saturated heterocycles. The van der Waals surface area contributed by atoms with E-state index in [2.05, 4.69) is 38.1 Å². The van der Waals surface area contributed by atoms with Gasteiger partial charge >= 0.3 is 0 Å². The second kappa shape index (κ2) is 5.69. The number of halogens is 1. The minimum atomic E-state index is 0.646. The zero-order chi connectivity index (χ0) is 14.8. The van der Waals surface area contributed by atoms with E-state index in [-0.39, 0.29) is 0 Å². The first-order valence-electron chi connectivity index (χ1n) is 6.62. The van der Waals surface area contributed by atoms with E-state index in [1.165, 1.54) is 5.56 Å². The molecule has 0 bridgehead atoms. The summed E-state index contributed by atoms with van der Waals surface area (Å²) in [4.78, 5) is 8.47. The quantitative estimate of drug-likeness (QED) is 0.757. The second-order valence-corrected chi connectivity index (χ2v) is 5.82. The average Bonchev–Trinajstić information content (AvgIpc) is 2.48. The van der Waals surface area contributed by atoms with E-state index in [1.807, 2.05) is 30.5 Å². The number of nitrogens with zero attached hydrogens (tertiary/aromatic N) is 2. The Labute approximate surface area is 131 Å². The van der Waals surface area contributed by atoms with Gasteiger partial charge in [-0.3, -0.25) is 9.97 Å². The number of hydrogen-bond donors (Lipinski definition) is 2. The van der Waals surface area contributed by atoms with Gasteiger partial charge in [-0.1, -0.05) is 15.9 Å². The summed E-state index contributed by atoms with van der Waals surface area (Å²) in [6.07, 6.45) is 5.36. The van der Waals surface area contributed by atoms with Crippen LogP contribution in [-0.4, -0.2) is 9.97 Å². The summed E-state index contributed by atoms with van der Waals surface area (Å²) in [5.41, 5.74) is 10.9. The fraction of sp³-hybridized carbons (Fsp3) is 0.125. The molecule has 0 aliphatic heterocycles. The summed E-state index contributed by atoms with van der Waals surface area (Å²) in [7, 11) is 0. The van der Waals surface area contributed by atoms with Gasteiger partial charge in [-0.15, -0.1) is 0 Å². The molecule has 21 heavy (non-hydrogen) atoms.